The minimum atomic E-state index is 0.0696. The summed E-state index contributed by atoms with van der Waals surface area (Å²) >= 11 is 0. The van der Waals surface area contributed by atoms with Crippen LogP contribution in [0.1, 0.15) is 38.7 Å². The highest BCUT2D eigenvalue weighted by Gasteiger charge is 2.25. The van der Waals surface area contributed by atoms with Crippen LogP contribution >= 0.6 is 0 Å². The Labute approximate surface area is 151 Å². The van der Waals surface area contributed by atoms with Gasteiger partial charge in [-0.15, -0.1) is 0 Å². The van der Waals surface area contributed by atoms with Crippen LogP contribution in [-0.4, -0.2) is 43.5 Å². The minimum absolute atomic E-state index is 0.0696. The van der Waals surface area contributed by atoms with Crippen molar-refractivity contribution in [2.45, 2.75) is 40.0 Å². The molecule has 1 aromatic carbocycles. The van der Waals surface area contributed by atoms with Crippen LogP contribution in [0.3, 0.4) is 0 Å². The maximum atomic E-state index is 12.6. The van der Waals surface area contributed by atoms with Crippen molar-refractivity contribution in [3.8, 4) is 6.07 Å². The van der Waals surface area contributed by atoms with E-state index in [1.165, 1.54) is 5.69 Å². The van der Waals surface area contributed by atoms with E-state index in [4.69, 9.17) is 5.26 Å². The van der Waals surface area contributed by atoms with Crippen LogP contribution in [0.4, 0.5) is 11.4 Å². The van der Waals surface area contributed by atoms with Crippen molar-refractivity contribution in [1.29, 1.82) is 5.26 Å². The molecule has 0 spiro atoms. The molecule has 0 radical (unpaired) electrons. The monoisotopic (exact) mass is 342 g/mol. The minimum Gasteiger partial charge on any atom is -0.372 e. The molecule has 5 nitrogen and oxygen atoms in total. The van der Waals surface area contributed by atoms with Crippen molar-refractivity contribution < 1.29 is 4.79 Å². The first kappa shape index (κ1) is 19.3. The van der Waals surface area contributed by atoms with Gasteiger partial charge >= 0.3 is 0 Å². The van der Waals surface area contributed by atoms with Crippen molar-refractivity contribution in [2.24, 2.45) is 5.92 Å². The molecule has 136 valence electrons. The van der Waals surface area contributed by atoms with Gasteiger partial charge < -0.3 is 15.1 Å². The van der Waals surface area contributed by atoms with Crippen molar-refractivity contribution in [2.75, 3.05) is 42.9 Å². The van der Waals surface area contributed by atoms with Crippen molar-refractivity contribution in [3.05, 3.63) is 23.8 Å². The number of aryl methyl sites for hydroxylation is 1. The van der Waals surface area contributed by atoms with Gasteiger partial charge in [0, 0.05) is 43.3 Å². The van der Waals surface area contributed by atoms with E-state index < -0.39 is 0 Å². The second kappa shape index (κ2) is 9.43. The average molecular weight is 342 g/mol. The molecule has 1 heterocycles. The number of piperidine rings is 1. The summed E-state index contributed by atoms with van der Waals surface area (Å²) in [6, 6.07) is 8.43. The lowest BCUT2D eigenvalue weighted by atomic mass is 9.95. The highest BCUT2D eigenvalue weighted by molar-refractivity contribution is 5.93. The van der Waals surface area contributed by atoms with Crippen LogP contribution in [0, 0.1) is 24.2 Å². The van der Waals surface area contributed by atoms with E-state index in [2.05, 4.69) is 47.2 Å². The second-order valence-electron chi connectivity index (χ2n) is 6.68. The Morgan fingerprint density at radius 3 is 2.56 bits per heavy atom. The summed E-state index contributed by atoms with van der Waals surface area (Å²) in [5.41, 5.74) is 3.21. The molecule has 0 unspecified atom stereocenters. The van der Waals surface area contributed by atoms with Crippen molar-refractivity contribution in [1.82, 2.24) is 4.90 Å². The first-order chi connectivity index (χ1) is 12.1. The summed E-state index contributed by atoms with van der Waals surface area (Å²) in [4.78, 5) is 17.2. The molecular formula is C20H30N4O. The number of benzene rings is 1. The number of nitrogens with zero attached hydrogens (tertiary/aromatic N) is 3. The molecule has 1 aliphatic heterocycles. The van der Waals surface area contributed by atoms with Gasteiger partial charge in [-0.25, -0.2) is 0 Å². The van der Waals surface area contributed by atoms with E-state index in [0.717, 1.165) is 56.8 Å². The van der Waals surface area contributed by atoms with E-state index >= 15 is 0 Å². The third kappa shape index (κ3) is 5.20. The van der Waals surface area contributed by atoms with Gasteiger partial charge in [0.15, 0.2) is 0 Å². The van der Waals surface area contributed by atoms with Gasteiger partial charge in [0.2, 0.25) is 5.91 Å². The summed E-state index contributed by atoms with van der Waals surface area (Å²) < 4.78 is 0. The smallest absolute Gasteiger partial charge is 0.227 e. The number of hydrogen-bond donors (Lipinski definition) is 1. The number of nitrogens with one attached hydrogen (secondary N) is 1. The fraction of sp³-hybridized carbons (Fsp3) is 0.600. The molecule has 1 amide bonds. The predicted molar refractivity (Wildman–Crippen MR) is 103 cm³/mol. The van der Waals surface area contributed by atoms with Gasteiger partial charge in [0.25, 0.3) is 0 Å². The van der Waals surface area contributed by atoms with E-state index in [1.807, 2.05) is 13.0 Å². The largest absolute Gasteiger partial charge is 0.372 e. The molecule has 0 bridgehead atoms. The number of nitriles is 1. The number of carbonyl (C=O) groups is 1. The third-order valence-electron chi connectivity index (χ3n) is 5.09. The molecule has 1 saturated heterocycles. The summed E-state index contributed by atoms with van der Waals surface area (Å²) in [7, 11) is 0. The van der Waals surface area contributed by atoms with E-state index in [9.17, 15) is 4.79 Å². The highest BCUT2D eigenvalue weighted by atomic mass is 16.1. The Balaban J connectivity index is 1.92. The van der Waals surface area contributed by atoms with Crippen LogP contribution < -0.4 is 10.2 Å². The summed E-state index contributed by atoms with van der Waals surface area (Å²) in [6.45, 7) is 10.9. The second-order valence-corrected chi connectivity index (χ2v) is 6.68. The van der Waals surface area contributed by atoms with E-state index in [0.29, 0.717) is 6.42 Å². The summed E-state index contributed by atoms with van der Waals surface area (Å²) in [6.07, 6.45) is 2.30. The average Bonchev–Trinajstić information content (AvgIpc) is 2.63. The Morgan fingerprint density at radius 2 is 2.00 bits per heavy atom. The van der Waals surface area contributed by atoms with Gasteiger partial charge in [-0.2, -0.15) is 5.26 Å². The lowest BCUT2D eigenvalue weighted by Crippen LogP contribution is -2.38. The number of hydrogen-bond acceptors (Lipinski definition) is 4. The molecule has 0 atom stereocenters. The Kier molecular flexibility index (Phi) is 7.27. The van der Waals surface area contributed by atoms with Gasteiger partial charge in [0.05, 0.1) is 6.07 Å². The Bertz CT molecular complexity index is 611. The van der Waals surface area contributed by atoms with Crippen LogP contribution in [0.25, 0.3) is 0 Å². The number of amides is 1. The molecular weight excluding hydrogens is 312 g/mol. The Morgan fingerprint density at radius 1 is 1.32 bits per heavy atom. The van der Waals surface area contributed by atoms with E-state index in [1.54, 1.807) is 0 Å². The molecule has 25 heavy (non-hydrogen) atoms. The van der Waals surface area contributed by atoms with Gasteiger partial charge in [-0.05, 0) is 70.5 Å². The number of likely N-dealkylation sites (tertiary alicyclic amines) is 1. The fourth-order valence-electron chi connectivity index (χ4n) is 3.44. The number of anilines is 2. The maximum absolute atomic E-state index is 12.6. The standard InChI is InChI=1S/C20H30N4O/c1-4-24(5-2)18-7-8-19(16(3)15-18)22-20(25)17-9-13-23(14-10-17)12-6-11-21/h7-8,15,17H,4-6,9-10,12-14H2,1-3H3,(H,22,25). The lowest BCUT2D eigenvalue weighted by Gasteiger charge is -2.30. The fourth-order valence-corrected chi connectivity index (χ4v) is 3.44. The lowest BCUT2D eigenvalue weighted by molar-refractivity contribution is -0.121. The summed E-state index contributed by atoms with van der Waals surface area (Å²) in [5.74, 6) is 0.193. The quantitative estimate of drug-likeness (QED) is 0.825. The Hall–Kier alpha value is -2.06. The molecule has 2 rings (SSSR count). The molecule has 5 heteroatoms. The van der Waals surface area contributed by atoms with Crippen LogP contribution in [0.15, 0.2) is 18.2 Å². The third-order valence-corrected chi connectivity index (χ3v) is 5.09. The summed E-state index contributed by atoms with van der Waals surface area (Å²) in [5, 5.41) is 11.8. The van der Waals surface area contributed by atoms with Crippen LogP contribution in [-0.2, 0) is 4.79 Å². The molecule has 0 aliphatic carbocycles. The highest BCUT2D eigenvalue weighted by Crippen LogP contribution is 2.25. The predicted octanol–water partition coefficient (Wildman–Crippen LogP) is 3.41. The number of rotatable bonds is 7. The zero-order valence-electron chi connectivity index (χ0n) is 15.7. The molecule has 0 aromatic heterocycles. The molecule has 1 aromatic rings. The zero-order chi connectivity index (χ0) is 18.2. The molecule has 1 N–H and O–H groups in total. The molecule has 1 fully saturated rings. The molecule has 1 aliphatic rings. The van der Waals surface area contributed by atoms with Crippen LogP contribution in [0.5, 0.6) is 0 Å². The molecule has 0 saturated carbocycles. The van der Waals surface area contributed by atoms with Gasteiger partial charge in [-0.3, -0.25) is 4.79 Å². The van der Waals surface area contributed by atoms with E-state index in [-0.39, 0.29) is 11.8 Å². The zero-order valence-corrected chi connectivity index (χ0v) is 15.7. The first-order valence-electron chi connectivity index (χ1n) is 9.34. The van der Waals surface area contributed by atoms with Gasteiger partial charge in [0.1, 0.15) is 0 Å². The SMILES string of the molecule is CCN(CC)c1ccc(NC(=O)C2CCN(CCC#N)CC2)c(C)c1. The van der Waals surface area contributed by atoms with Crippen molar-refractivity contribution in [3.63, 3.8) is 0 Å². The topological polar surface area (TPSA) is 59.4 Å². The first-order valence-corrected chi connectivity index (χ1v) is 9.34. The van der Waals surface area contributed by atoms with Crippen molar-refractivity contribution >= 4 is 17.3 Å². The maximum Gasteiger partial charge on any atom is 0.227 e. The van der Waals surface area contributed by atoms with Crippen LogP contribution in [0.2, 0.25) is 0 Å². The normalized spacial score (nSPS) is 15.6. The number of carbonyl (C=O) groups excluding carboxylic acids is 1. The van der Waals surface area contributed by atoms with Gasteiger partial charge in [-0.1, -0.05) is 0 Å².